The number of hydrogen-bond donors (Lipinski definition) is 0. The fourth-order valence-corrected chi connectivity index (χ4v) is 3.76. The van der Waals surface area contributed by atoms with Gasteiger partial charge >= 0.3 is 5.97 Å². The molecular weight excluding hydrogens is 360 g/mol. The molecule has 0 aliphatic carbocycles. The molecule has 0 aliphatic rings. The van der Waals surface area contributed by atoms with E-state index < -0.39 is 0 Å². The van der Waals surface area contributed by atoms with E-state index in [9.17, 15) is 9.59 Å². The summed E-state index contributed by atoms with van der Waals surface area (Å²) in [5.74, 6) is 0.00213. The van der Waals surface area contributed by atoms with Gasteiger partial charge in [0.05, 0.1) is 6.61 Å². The van der Waals surface area contributed by atoms with Crippen molar-refractivity contribution in [3.63, 3.8) is 0 Å². The Morgan fingerprint density at radius 3 is 1.48 bits per heavy atom. The summed E-state index contributed by atoms with van der Waals surface area (Å²) in [6, 6.07) is 0. The van der Waals surface area contributed by atoms with Crippen molar-refractivity contribution in [1.82, 2.24) is 0 Å². The Morgan fingerprint density at radius 1 is 0.586 bits per heavy atom. The highest BCUT2D eigenvalue weighted by atomic mass is 16.5. The second kappa shape index (κ2) is 25.2. The topological polar surface area (TPSA) is 43.4 Å². The van der Waals surface area contributed by atoms with Crippen molar-refractivity contribution < 1.29 is 14.3 Å². The van der Waals surface area contributed by atoms with Crippen molar-refractivity contribution >= 4 is 12.3 Å². The molecular formula is C26H50O3. The largest absolute Gasteiger partial charge is 0.466 e. The molecule has 0 fully saturated rings. The molecule has 29 heavy (non-hydrogen) atoms. The fourth-order valence-electron chi connectivity index (χ4n) is 3.76. The minimum Gasteiger partial charge on any atom is -0.466 e. The molecule has 0 aliphatic heterocycles. The third-order valence-electron chi connectivity index (χ3n) is 5.71. The van der Waals surface area contributed by atoms with Crippen LogP contribution in [0, 0.1) is 0 Å². The molecule has 0 rings (SSSR count). The predicted octanol–water partition coefficient (Wildman–Crippen LogP) is 8.33. The van der Waals surface area contributed by atoms with Gasteiger partial charge < -0.3 is 9.53 Å². The van der Waals surface area contributed by atoms with Gasteiger partial charge in [-0.15, -0.1) is 0 Å². The van der Waals surface area contributed by atoms with Crippen molar-refractivity contribution in [2.75, 3.05) is 6.61 Å². The van der Waals surface area contributed by atoms with E-state index in [1.54, 1.807) is 0 Å². The molecule has 0 bridgehead atoms. The van der Waals surface area contributed by atoms with Crippen LogP contribution in [0.4, 0.5) is 0 Å². The lowest BCUT2D eigenvalue weighted by Gasteiger charge is -2.05. The first kappa shape index (κ1) is 28.1. The average Bonchev–Trinajstić information content (AvgIpc) is 2.72. The quantitative estimate of drug-likeness (QED) is 0.0912. The van der Waals surface area contributed by atoms with Gasteiger partial charge in [0.15, 0.2) is 0 Å². The Balaban J connectivity index is 3.12. The highest BCUT2D eigenvalue weighted by molar-refractivity contribution is 5.69. The van der Waals surface area contributed by atoms with E-state index in [0.29, 0.717) is 13.0 Å². The second-order valence-electron chi connectivity index (χ2n) is 8.64. The minimum absolute atomic E-state index is 0.00213. The summed E-state index contributed by atoms with van der Waals surface area (Å²) in [5.41, 5.74) is 0. The summed E-state index contributed by atoms with van der Waals surface area (Å²) < 4.78 is 5.32. The molecule has 3 nitrogen and oxygen atoms in total. The molecule has 172 valence electrons. The molecule has 0 spiro atoms. The Hall–Kier alpha value is -0.860. The van der Waals surface area contributed by atoms with Crippen LogP contribution in [-0.4, -0.2) is 18.9 Å². The Bertz CT molecular complexity index is 341. The molecule has 0 heterocycles. The zero-order chi connectivity index (χ0) is 21.3. The molecule has 0 aromatic heterocycles. The number of unbranched alkanes of at least 4 members (excludes halogenated alkanes) is 19. The van der Waals surface area contributed by atoms with Crippen LogP contribution in [0.3, 0.4) is 0 Å². The van der Waals surface area contributed by atoms with Crippen LogP contribution >= 0.6 is 0 Å². The lowest BCUT2D eigenvalue weighted by Crippen LogP contribution is -2.05. The predicted molar refractivity (Wildman–Crippen MR) is 124 cm³/mol. The Kier molecular flexibility index (Phi) is 24.4. The SMILES string of the molecule is CCCCCCCCOC(=O)CCCCCCCCCCCCCCCCC=O. The zero-order valence-corrected chi connectivity index (χ0v) is 19.6. The highest BCUT2D eigenvalue weighted by Gasteiger charge is 2.02. The summed E-state index contributed by atoms with van der Waals surface area (Å²) >= 11 is 0. The van der Waals surface area contributed by atoms with Gasteiger partial charge in [-0.2, -0.15) is 0 Å². The summed E-state index contributed by atoms with van der Waals surface area (Å²) in [4.78, 5) is 21.9. The van der Waals surface area contributed by atoms with E-state index in [-0.39, 0.29) is 5.97 Å². The highest BCUT2D eigenvalue weighted by Crippen LogP contribution is 2.14. The van der Waals surface area contributed by atoms with E-state index in [2.05, 4.69) is 6.92 Å². The van der Waals surface area contributed by atoms with Gasteiger partial charge in [-0.3, -0.25) is 4.79 Å². The number of hydrogen-bond acceptors (Lipinski definition) is 3. The summed E-state index contributed by atoms with van der Waals surface area (Å²) in [7, 11) is 0. The van der Waals surface area contributed by atoms with Crippen LogP contribution in [0.15, 0.2) is 0 Å². The van der Waals surface area contributed by atoms with Crippen molar-refractivity contribution in [3.8, 4) is 0 Å². The lowest BCUT2D eigenvalue weighted by atomic mass is 10.0. The van der Waals surface area contributed by atoms with Gasteiger partial charge in [-0.1, -0.05) is 116 Å². The van der Waals surface area contributed by atoms with Crippen molar-refractivity contribution in [2.24, 2.45) is 0 Å². The maximum absolute atomic E-state index is 11.7. The van der Waals surface area contributed by atoms with Crippen LogP contribution in [0.1, 0.15) is 148 Å². The van der Waals surface area contributed by atoms with E-state index >= 15 is 0 Å². The molecule has 0 radical (unpaired) electrons. The smallest absolute Gasteiger partial charge is 0.305 e. The first-order valence-electron chi connectivity index (χ1n) is 12.9. The lowest BCUT2D eigenvalue weighted by molar-refractivity contribution is -0.143. The molecule has 3 heteroatoms. The molecule has 0 N–H and O–H groups in total. The molecule has 0 aromatic rings. The van der Waals surface area contributed by atoms with Crippen LogP contribution in [0.25, 0.3) is 0 Å². The third-order valence-corrected chi connectivity index (χ3v) is 5.71. The number of carbonyl (C=O) groups excluding carboxylic acids is 2. The van der Waals surface area contributed by atoms with Crippen LogP contribution < -0.4 is 0 Å². The maximum Gasteiger partial charge on any atom is 0.305 e. The molecule has 0 saturated carbocycles. The summed E-state index contributed by atoms with van der Waals surface area (Å²) in [6.45, 7) is 2.85. The molecule has 0 amide bonds. The monoisotopic (exact) mass is 410 g/mol. The van der Waals surface area contributed by atoms with Crippen LogP contribution in [0.5, 0.6) is 0 Å². The van der Waals surface area contributed by atoms with Gasteiger partial charge in [0.2, 0.25) is 0 Å². The first-order chi connectivity index (χ1) is 14.3. The molecule has 0 unspecified atom stereocenters. The number of rotatable bonds is 24. The Morgan fingerprint density at radius 2 is 1.00 bits per heavy atom. The van der Waals surface area contributed by atoms with Gasteiger partial charge in [-0.25, -0.2) is 0 Å². The number of aldehydes is 1. The standard InChI is InChI=1S/C26H50O3/c1-2-3-4-5-19-22-25-29-26(28)23-20-17-15-13-11-9-7-6-8-10-12-14-16-18-21-24-27/h24H,2-23,25H2,1H3. The Labute approximate surface area is 181 Å². The van der Waals surface area contributed by atoms with Crippen LogP contribution in [-0.2, 0) is 14.3 Å². The van der Waals surface area contributed by atoms with Gasteiger partial charge in [0, 0.05) is 12.8 Å². The molecule has 0 saturated heterocycles. The van der Waals surface area contributed by atoms with Gasteiger partial charge in [0.25, 0.3) is 0 Å². The average molecular weight is 411 g/mol. The minimum atomic E-state index is 0.00213. The zero-order valence-electron chi connectivity index (χ0n) is 19.6. The van der Waals surface area contributed by atoms with E-state index in [1.807, 2.05) is 0 Å². The van der Waals surface area contributed by atoms with Crippen molar-refractivity contribution in [2.45, 2.75) is 148 Å². The number of carbonyl (C=O) groups is 2. The van der Waals surface area contributed by atoms with E-state index in [1.165, 1.54) is 103 Å². The normalized spacial score (nSPS) is 10.9. The van der Waals surface area contributed by atoms with Crippen LogP contribution in [0.2, 0.25) is 0 Å². The summed E-state index contributed by atoms with van der Waals surface area (Å²) in [6.07, 6.45) is 27.6. The number of ether oxygens (including phenoxy) is 1. The van der Waals surface area contributed by atoms with Gasteiger partial charge in [0.1, 0.15) is 6.29 Å². The van der Waals surface area contributed by atoms with Gasteiger partial charge in [-0.05, 0) is 19.3 Å². The van der Waals surface area contributed by atoms with Crippen molar-refractivity contribution in [3.05, 3.63) is 0 Å². The molecule has 0 aromatic carbocycles. The van der Waals surface area contributed by atoms with Crippen molar-refractivity contribution in [1.29, 1.82) is 0 Å². The second-order valence-corrected chi connectivity index (χ2v) is 8.64. The number of esters is 1. The summed E-state index contributed by atoms with van der Waals surface area (Å²) in [5, 5.41) is 0. The molecule has 0 atom stereocenters. The van der Waals surface area contributed by atoms with E-state index in [0.717, 1.165) is 38.4 Å². The van der Waals surface area contributed by atoms with E-state index in [4.69, 9.17) is 4.74 Å². The third kappa shape index (κ3) is 25.1. The maximum atomic E-state index is 11.7. The fraction of sp³-hybridized carbons (Fsp3) is 0.923. The first-order valence-corrected chi connectivity index (χ1v) is 12.9.